The van der Waals surface area contributed by atoms with E-state index in [0.29, 0.717) is 0 Å². The average Bonchev–Trinajstić information content (AvgIpc) is 2.98. The lowest BCUT2D eigenvalue weighted by atomic mass is 10.2. The molecule has 1 N–H and O–H groups in total. The van der Waals surface area contributed by atoms with Crippen molar-refractivity contribution in [2.75, 3.05) is 13.7 Å². The van der Waals surface area contributed by atoms with Gasteiger partial charge >= 0.3 is 0 Å². The molecular formula is C15H20BrN3OS. The number of nitrogens with one attached hydrogen (secondary N) is 1. The van der Waals surface area contributed by atoms with Crippen molar-refractivity contribution in [1.82, 2.24) is 15.5 Å². The van der Waals surface area contributed by atoms with Gasteiger partial charge < -0.3 is 10.1 Å². The summed E-state index contributed by atoms with van der Waals surface area (Å²) in [6.07, 6.45) is 2.12. The molecule has 0 saturated heterocycles. The van der Waals surface area contributed by atoms with Gasteiger partial charge in [-0.1, -0.05) is 41.1 Å². The van der Waals surface area contributed by atoms with E-state index in [1.165, 1.54) is 0 Å². The smallest absolute Gasteiger partial charge is 0.149 e. The van der Waals surface area contributed by atoms with Crippen molar-refractivity contribution in [1.29, 1.82) is 0 Å². The number of nitrogens with zero attached hydrogens (tertiary/aromatic N) is 2. The van der Waals surface area contributed by atoms with E-state index < -0.39 is 0 Å². The molecule has 0 aliphatic carbocycles. The molecule has 0 amide bonds. The Labute approximate surface area is 138 Å². The average molecular weight is 370 g/mol. The summed E-state index contributed by atoms with van der Waals surface area (Å²) in [6.45, 7) is 5.32. The topological polar surface area (TPSA) is 47.0 Å². The lowest BCUT2D eigenvalue weighted by Gasteiger charge is -2.12. The van der Waals surface area contributed by atoms with Crippen LogP contribution in [0.3, 0.4) is 0 Å². The van der Waals surface area contributed by atoms with Crippen LogP contribution in [0.5, 0.6) is 5.75 Å². The van der Waals surface area contributed by atoms with Crippen molar-refractivity contribution >= 4 is 27.3 Å². The van der Waals surface area contributed by atoms with Gasteiger partial charge in [-0.05, 0) is 37.6 Å². The Kier molecular flexibility index (Phi) is 6.14. The van der Waals surface area contributed by atoms with Gasteiger partial charge in [0.15, 0.2) is 0 Å². The standard InChI is InChI=1S/C15H20BrN3OS/c1-4-8-17-13(5-2)15-19-18-14(21-15)11-9-10(20-3)6-7-12(11)16/h6-7,9,13,17H,4-5,8H2,1-3H3. The molecule has 1 heterocycles. The minimum absolute atomic E-state index is 0.278. The predicted molar refractivity (Wildman–Crippen MR) is 90.9 cm³/mol. The second kappa shape index (κ2) is 7.87. The SMILES string of the molecule is CCCNC(CC)c1nnc(-c2cc(OC)ccc2Br)s1. The Bertz CT molecular complexity index is 588. The van der Waals surface area contributed by atoms with Crippen molar-refractivity contribution < 1.29 is 4.74 Å². The molecule has 1 atom stereocenters. The second-order valence-corrected chi connectivity index (χ2v) is 6.57. The summed E-state index contributed by atoms with van der Waals surface area (Å²) in [5.41, 5.74) is 1.02. The van der Waals surface area contributed by atoms with Crippen molar-refractivity contribution in [3.05, 3.63) is 27.7 Å². The van der Waals surface area contributed by atoms with Gasteiger partial charge in [0.1, 0.15) is 15.8 Å². The Morgan fingerprint density at radius 2 is 2.14 bits per heavy atom. The van der Waals surface area contributed by atoms with Crippen LogP contribution in [0.15, 0.2) is 22.7 Å². The molecule has 1 aromatic carbocycles. The summed E-state index contributed by atoms with van der Waals surface area (Å²) in [5.74, 6) is 0.820. The Balaban J connectivity index is 2.26. The summed E-state index contributed by atoms with van der Waals surface area (Å²) in [4.78, 5) is 0. The first-order valence-corrected chi connectivity index (χ1v) is 8.71. The summed E-state index contributed by atoms with van der Waals surface area (Å²) in [5, 5.41) is 14.2. The summed E-state index contributed by atoms with van der Waals surface area (Å²) in [7, 11) is 1.67. The first kappa shape index (κ1) is 16.4. The number of aromatic nitrogens is 2. The Morgan fingerprint density at radius 3 is 2.81 bits per heavy atom. The predicted octanol–water partition coefficient (Wildman–Crippen LogP) is 4.43. The molecule has 0 bridgehead atoms. The van der Waals surface area contributed by atoms with E-state index in [1.54, 1.807) is 18.4 Å². The van der Waals surface area contributed by atoms with Crippen LogP contribution in [0.1, 0.15) is 37.7 Å². The fourth-order valence-corrected chi connectivity index (χ4v) is 3.60. The van der Waals surface area contributed by atoms with E-state index in [4.69, 9.17) is 4.74 Å². The van der Waals surface area contributed by atoms with Crippen molar-refractivity contribution in [3.63, 3.8) is 0 Å². The first-order valence-electron chi connectivity index (χ1n) is 7.10. The van der Waals surface area contributed by atoms with Gasteiger partial charge in [0.2, 0.25) is 0 Å². The molecule has 1 unspecified atom stereocenters. The molecule has 2 aromatic rings. The summed E-state index contributed by atoms with van der Waals surface area (Å²) in [6, 6.07) is 6.16. The zero-order chi connectivity index (χ0) is 15.2. The number of ether oxygens (including phenoxy) is 1. The van der Waals surface area contributed by atoms with Gasteiger partial charge in [0.05, 0.1) is 13.2 Å². The van der Waals surface area contributed by atoms with Gasteiger partial charge in [0, 0.05) is 10.0 Å². The molecule has 6 heteroatoms. The molecule has 4 nitrogen and oxygen atoms in total. The maximum absolute atomic E-state index is 5.28. The normalized spacial score (nSPS) is 12.4. The van der Waals surface area contributed by atoms with Crippen LogP contribution in [0.4, 0.5) is 0 Å². The van der Waals surface area contributed by atoms with Crippen molar-refractivity contribution in [2.24, 2.45) is 0 Å². The number of methoxy groups -OCH3 is 1. The van der Waals surface area contributed by atoms with Gasteiger partial charge in [-0.15, -0.1) is 10.2 Å². The molecule has 0 aliphatic heterocycles. The zero-order valence-corrected chi connectivity index (χ0v) is 14.9. The maximum atomic E-state index is 5.28. The van der Waals surface area contributed by atoms with Crippen LogP contribution >= 0.6 is 27.3 Å². The summed E-state index contributed by atoms with van der Waals surface area (Å²) >= 11 is 5.20. The van der Waals surface area contributed by atoms with E-state index in [9.17, 15) is 0 Å². The number of hydrogen-bond acceptors (Lipinski definition) is 5. The molecule has 114 valence electrons. The van der Waals surface area contributed by atoms with Gasteiger partial charge in [-0.2, -0.15) is 0 Å². The third-order valence-electron chi connectivity index (χ3n) is 3.19. The van der Waals surface area contributed by atoms with Crippen LogP contribution in [-0.2, 0) is 0 Å². The molecule has 0 radical (unpaired) electrons. The minimum atomic E-state index is 0.278. The maximum Gasteiger partial charge on any atom is 0.149 e. The summed E-state index contributed by atoms with van der Waals surface area (Å²) < 4.78 is 6.28. The highest BCUT2D eigenvalue weighted by molar-refractivity contribution is 9.10. The number of hydrogen-bond donors (Lipinski definition) is 1. The lowest BCUT2D eigenvalue weighted by molar-refractivity contribution is 0.415. The second-order valence-electron chi connectivity index (χ2n) is 4.71. The Hall–Kier alpha value is -0.980. The highest BCUT2D eigenvalue weighted by atomic mass is 79.9. The van der Waals surface area contributed by atoms with Crippen LogP contribution in [0, 0.1) is 0 Å². The molecular weight excluding hydrogens is 350 g/mol. The number of halogens is 1. The largest absolute Gasteiger partial charge is 0.497 e. The highest BCUT2D eigenvalue weighted by Crippen LogP contribution is 2.35. The quantitative estimate of drug-likeness (QED) is 0.784. The van der Waals surface area contributed by atoms with E-state index in [2.05, 4.69) is 45.3 Å². The van der Waals surface area contributed by atoms with E-state index in [0.717, 1.165) is 45.2 Å². The molecule has 0 fully saturated rings. The van der Waals surface area contributed by atoms with Crippen LogP contribution < -0.4 is 10.1 Å². The van der Waals surface area contributed by atoms with Gasteiger partial charge in [-0.25, -0.2) is 0 Å². The molecule has 0 aliphatic rings. The third-order valence-corrected chi connectivity index (χ3v) is 4.95. The van der Waals surface area contributed by atoms with Crippen molar-refractivity contribution in [2.45, 2.75) is 32.7 Å². The van der Waals surface area contributed by atoms with Gasteiger partial charge in [-0.3, -0.25) is 0 Å². The first-order chi connectivity index (χ1) is 10.2. The third kappa shape index (κ3) is 4.02. The van der Waals surface area contributed by atoms with Gasteiger partial charge in [0.25, 0.3) is 0 Å². The molecule has 21 heavy (non-hydrogen) atoms. The number of rotatable bonds is 7. The minimum Gasteiger partial charge on any atom is -0.497 e. The fraction of sp³-hybridized carbons (Fsp3) is 0.467. The highest BCUT2D eigenvalue weighted by Gasteiger charge is 2.16. The molecule has 1 aromatic heterocycles. The van der Waals surface area contributed by atoms with Crippen LogP contribution in [-0.4, -0.2) is 23.9 Å². The zero-order valence-electron chi connectivity index (χ0n) is 12.5. The van der Waals surface area contributed by atoms with E-state index >= 15 is 0 Å². The van der Waals surface area contributed by atoms with E-state index in [-0.39, 0.29) is 6.04 Å². The fourth-order valence-electron chi connectivity index (χ4n) is 2.00. The van der Waals surface area contributed by atoms with E-state index in [1.807, 2.05) is 18.2 Å². The molecule has 0 saturated carbocycles. The van der Waals surface area contributed by atoms with Crippen LogP contribution in [0.25, 0.3) is 10.6 Å². The monoisotopic (exact) mass is 369 g/mol. The molecule has 2 rings (SSSR count). The van der Waals surface area contributed by atoms with Crippen LogP contribution in [0.2, 0.25) is 0 Å². The molecule has 0 spiro atoms. The number of benzene rings is 1. The lowest BCUT2D eigenvalue weighted by Crippen LogP contribution is -2.21. The van der Waals surface area contributed by atoms with Crippen molar-refractivity contribution in [3.8, 4) is 16.3 Å². The Morgan fingerprint density at radius 1 is 1.33 bits per heavy atom.